The van der Waals surface area contributed by atoms with Gasteiger partial charge in [0.15, 0.2) is 5.11 Å². The Labute approximate surface area is 207 Å². The van der Waals surface area contributed by atoms with Gasteiger partial charge in [0.1, 0.15) is 0 Å². The van der Waals surface area contributed by atoms with Gasteiger partial charge in [-0.25, -0.2) is 4.98 Å². The van der Waals surface area contributed by atoms with Crippen LogP contribution in [0.25, 0.3) is 11.1 Å². The van der Waals surface area contributed by atoms with E-state index >= 15 is 0 Å². The number of nitrogens with zero attached hydrogens (tertiary/aromatic N) is 4. The van der Waals surface area contributed by atoms with Gasteiger partial charge in [-0.1, -0.05) is 54.6 Å². The van der Waals surface area contributed by atoms with E-state index in [-0.39, 0.29) is 0 Å². The van der Waals surface area contributed by atoms with Gasteiger partial charge in [-0.05, 0) is 59.6 Å². The summed E-state index contributed by atoms with van der Waals surface area (Å²) in [7, 11) is 4.11. The predicted octanol–water partition coefficient (Wildman–Crippen LogP) is 5.91. The van der Waals surface area contributed by atoms with E-state index in [1.165, 1.54) is 22.4 Å². The number of hydrogen-bond donors (Lipinski definition) is 1. The first-order valence-corrected chi connectivity index (χ1v) is 11.9. The van der Waals surface area contributed by atoms with Crippen molar-refractivity contribution < 1.29 is 0 Å². The molecule has 6 heteroatoms. The standard InChI is InChI=1S/C28H31N5S/c1-31(2)27-15-9-23(10-16-27)21-33(19-6-18-32-20-17-29-22-32)28(34)30-26-13-11-25(12-14-26)24-7-4-3-5-8-24/h3-5,7-17,20,22H,6,18-19,21H2,1-2H3,(H,30,34). The SMILES string of the molecule is CN(C)c1ccc(CN(CCCn2ccnc2)C(=S)Nc2ccc(-c3ccccc3)cc2)cc1. The van der Waals surface area contributed by atoms with Crippen molar-refractivity contribution in [2.45, 2.75) is 19.5 Å². The Balaban J connectivity index is 1.43. The lowest BCUT2D eigenvalue weighted by molar-refractivity contribution is 0.396. The molecular weight excluding hydrogens is 438 g/mol. The van der Waals surface area contributed by atoms with Crippen LogP contribution in [-0.4, -0.2) is 40.2 Å². The van der Waals surface area contributed by atoms with E-state index in [9.17, 15) is 0 Å². The first-order chi connectivity index (χ1) is 16.6. The summed E-state index contributed by atoms with van der Waals surface area (Å²) >= 11 is 5.85. The number of benzene rings is 3. The highest BCUT2D eigenvalue weighted by Crippen LogP contribution is 2.21. The average molecular weight is 470 g/mol. The molecule has 0 aliphatic rings. The van der Waals surface area contributed by atoms with Crippen molar-refractivity contribution in [1.29, 1.82) is 0 Å². The Morgan fingerprint density at radius 2 is 1.62 bits per heavy atom. The fourth-order valence-electron chi connectivity index (χ4n) is 3.81. The van der Waals surface area contributed by atoms with Crippen molar-refractivity contribution >= 4 is 28.7 Å². The molecule has 0 atom stereocenters. The maximum Gasteiger partial charge on any atom is 0.173 e. The Hall–Kier alpha value is -3.64. The van der Waals surface area contributed by atoms with Crippen LogP contribution >= 0.6 is 12.2 Å². The van der Waals surface area contributed by atoms with Crippen LogP contribution in [0.2, 0.25) is 0 Å². The highest BCUT2D eigenvalue weighted by molar-refractivity contribution is 7.80. The van der Waals surface area contributed by atoms with Crippen molar-refractivity contribution in [2.24, 2.45) is 0 Å². The highest BCUT2D eigenvalue weighted by atomic mass is 32.1. The number of hydrogen-bond acceptors (Lipinski definition) is 3. The summed E-state index contributed by atoms with van der Waals surface area (Å²) in [5.41, 5.74) is 5.81. The maximum absolute atomic E-state index is 5.85. The van der Waals surface area contributed by atoms with Gasteiger partial charge < -0.3 is 19.7 Å². The van der Waals surface area contributed by atoms with E-state index in [2.05, 4.69) is 112 Å². The van der Waals surface area contributed by atoms with Crippen molar-refractivity contribution in [3.8, 4) is 11.1 Å². The summed E-state index contributed by atoms with van der Waals surface area (Å²) in [5.74, 6) is 0. The second kappa shape index (κ2) is 11.5. The molecule has 1 N–H and O–H groups in total. The van der Waals surface area contributed by atoms with E-state index in [0.29, 0.717) is 0 Å². The van der Waals surface area contributed by atoms with Crippen molar-refractivity contribution in [1.82, 2.24) is 14.5 Å². The number of aromatic nitrogens is 2. The molecule has 4 rings (SSSR count). The number of anilines is 2. The van der Waals surface area contributed by atoms with Crippen LogP contribution < -0.4 is 10.2 Å². The van der Waals surface area contributed by atoms with Crippen molar-refractivity contribution in [2.75, 3.05) is 30.9 Å². The Bertz CT molecular complexity index is 1150. The molecule has 0 bridgehead atoms. The van der Waals surface area contributed by atoms with E-state index in [0.717, 1.165) is 36.9 Å². The van der Waals surface area contributed by atoms with Gasteiger partial charge in [-0.3, -0.25) is 0 Å². The van der Waals surface area contributed by atoms with Crippen LogP contribution in [0.15, 0.2) is 97.6 Å². The lowest BCUT2D eigenvalue weighted by Crippen LogP contribution is -2.35. The molecule has 0 unspecified atom stereocenters. The van der Waals surface area contributed by atoms with Crippen molar-refractivity contribution in [3.63, 3.8) is 0 Å². The summed E-state index contributed by atoms with van der Waals surface area (Å²) in [6.07, 6.45) is 6.64. The summed E-state index contributed by atoms with van der Waals surface area (Å²) in [4.78, 5) is 8.48. The van der Waals surface area contributed by atoms with Gasteiger partial charge in [-0.15, -0.1) is 0 Å². The number of rotatable bonds is 9. The Kier molecular flexibility index (Phi) is 7.94. The molecule has 0 spiro atoms. The van der Waals surface area contributed by atoms with Gasteiger partial charge in [-0.2, -0.15) is 0 Å². The highest BCUT2D eigenvalue weighted by Gasteiger charge is 2.12. The molecule has 0 aliphatic heterocycles. The zero-order valence-electron chi connectivity index (χ0n) is 19.8. The van der Waals surface area contributed by atoms with Crippen LogP contribution in [-0.2, 0) is 13.1 Å². The number of imidazole rings is 1. The van der Waals surface area contributed by atoms with Gasteiger partial charge >= 0.3 is 0 Å². The summed E-state index contributed by atoms with van der Waals surface area (Å²) in [5, 5.41) is 4.18. The molecule has 34 heavy (non-hydrogen) atoms. The zero-order valence-corrected chi connectivity index (χ0v) is 20.6. The molecule has 0 aliphatic carbocycles. The molecule has 0 fully saturated rings. The number of nitrogens with one attached hydrogen (secondary N) is 1. The average Bonchev–Trinajstić information content (AvgIpc) is 3.38. The van der Waals surface area contributed by atoms with E-state index < -0.39 is 0 Å². The topological polar surface area (TPSA) is 36.3 Å². The van der Waals surface area contributed by atoms with E-state index in [1.807, 2.05) is 24.8 Å². The van der Waals surface area contributed by atoms with Crippen LogP contribution in [0, 0.1) is 0 Å². The minimum Gasteiger partial charge on any atom is -0.378 e. The third-order valence-corrected chi connectivity index (χ3v) is 6.12. The van der Waals surface area contributed by atoms with E-state index in [1.54, 1.807) is 0 Å². The van der Waals surface area contributed by atoms with Crippen LogP contribution in [0.1, 0.15) is 12.0 Å². The monoisotopic (exact) mass is 469 g/mol. The Morgan fingerprint density at radius 3 is 2.26 bits per heavy atom. The molecule has 3 aromatic carbocycles. The smallest absolute Gasteiger partial charge is 0.173 e. The molecule has 5 nitrogen and oxygen atoms in total. The van der Waals surface area contributed by atoms with Gasteiger partial charge in [0.2, 0.25) is 0 Å². The lowest BCUT2D eigenvalue weighted by atomic mass is 10.1. The van der Waals surface area contributed by atoms with Crippen LogP contribution in [0.5, 0.6) is 0 Å². The fourth-order valence-corrected chi connectivity index (χ4v) is 4.09. The zero-order chi connectivity index (χ0) is 23.8. The third kappa shape index (κ3) is 6.45. The summed E-state index contributed by atoms with van der Waals surface area (Å²) in [6.45, 7) is 2.51. The van der Waals surface area contributed by atoms with Gasteiger partial charge in [0.05, 0.1) is 6.33 Å². The number of aryl methyl sites for hydroxylation is 1. The minimum atomic E-state index is 0.731. The molecule has 0 amide bonds. The van der Waals surface area contributed by atoms with Crippen LogP contribution in [0.3, 0.4) is 0 Å². The third-order valence-electron chi connectivity index (χ3n) is 5.76. The molecular formula is C28H31N5S. The molecule has 1 aromatic heterocycles. The van der Waals surface area contributed by atoms with E-state index in [4.69, 9.17) is 12.2 Å². The first kappa shape index (κ1) is 23.5. The second-order valence-electron chi connectivity index (χ2n) is 8.51. The molecule has 0 radical (unpaired) electrons. The van der Waals surface area contributed by atoms with Gasteiger partial charge in [0.25, 0.3) is 0 Å². The number of thiocarbonyl (C=S) groups is 1. The molecule has 1 heterocycles. The largest absolute Gasteiger partial charge is 0.378 e. The minimum absolute atomic E-state index is 0.731. The molecule has 0 saturated carbocycles. The molecule has 174 valence electrons. The second-order valence-corrected chi connectivity index (χ2v) is 8.90. The summed E-state index contributed by atoms with van der Waals surface area (Å²) in [6, 6.07) is 27.5. The quantitative estimate of drug-likeness (QED) is 0.309. The molecule has 0 saturated heterocycles. The summed E-state index contributed by atoms with van der Waals surface area (Å²) < 4.78 is 2.10. The Morgan fingerprint density at radius 1 is 0.912 bits per heavy atom. The lowest BCUT2D eigenvalue weighted by Gasteiger charge is -2.26. The van der Waals surface area contributed by atoms with Crippen molar-refractivity contribution in [3.05, 3.63) is 103 Å². The van der Waals surface area contributed by atoms with Crippen LogP contribution in [0.4, 0.5) is 11.4 Å². The first-order valence-electron chi connectivity index (χ1n) is 11.5. The fraction of sp³-hybridized carbons (Fsp3) is 0.214. The maximum atomic E-state index is 5.85. The normalized spacial score (nSPS) is 10.6. The van der Waals surface area contributed by atoms with Gasteiger partial charge in [0, 0.05) is 57.5 Å². The predicted molar refractivity (Wildman–Crippen MR) is 146 cm³/mol. The molecule has 4 aromatic rings.